The zero-order valence-electron chi connectivity index (χ0n) is 11.0. The maximum atomic E-state index is 5.19. The van der Waals surface area contributed by atoms with Gasteiger partial charge in [0.05, 0.1) is 6.26 Å². The van der Waals surface area contributed by atoms with Crippen LogP contribution in [0.4, 0.5) is 0 Å². The molecule has 0 aliphatic carbocycles. The summed E-state index contributed by atoms with van der Waals surface area (Å²) in [6, 6.07) is 13.4. The first kappa shape index (κ1) is 13.3. The molecule has 2 aromatic heterocycles. The summed E-state index contributed by atoms with van der Waals surface area (Å²) in [5.41, 5.74) is 0.942. The van der Waals surface area contributed by atoms with Crippen LogP contribution in [0.15, 0.2) is 64.3 Å². The molecule has 0 aliphatic rings. The highest BCUT2D eigenvalue weighted by molar-refractivity contribution is 7.71. The molecule has 21 heavy (non-hydrogen) atoms. The second-order valence-corrected chi connectivity index (χ2v) is 4.56. The van der Waals surface area contributed by atoms with Crippen LogP contribution in [0.5, 0.6) is 0 Å². The number of hydrogen-bond donors (Lipinski definition) is 1. The fourth-order valence-corrected chi connectivity index (χ4v) is 1.98. The average molecular weight is 296 g/mol. The summed E-state index contributed by atoms with van der Waals surface area (Å²) >= 11 is 5.19. The molecule has 0 unspecified atom stereocenters. The van der Waals surface area contributed by atoms with Crippen LogP contribution in [0.1, 0.15) is 5.76 Å². The van der Waals surface area contributed by atoms with Gasteiger partial charge in [-0.3, -0.25) is 0 Å². The Morgan fingerprint density at radius 3 is 2.81 bits per heavy atom. The second kappa shape index (κ2) is 6.15. The first-order valence-electron chi connectivity index (χ1n) is 6.32. The molecule has 3 aromatic rings. The minimum atomic E-state index is 0.441. The Kier molecular flexibility index (Phi) is 3.88. The van der Waals surface area contributed by atoms with E-state index in [4.69, 9.17) is 16.6 Å². The molecule has 0 fully saturated rings. The lowest BCUT2D eigenvalue weighted by atomic mass is 10.2. The van der Waals surface area contributed by atoms with Crippen molar-refractivity contribution < 1.29 is 4.42 Å². The van der Waals surface area contributed by atoms with Crippen molar-refractivity contribution in [1.82, 2.24) is 14.9 Å². The van der Waals surface area contributed by atoms with Gasteiger partial charge < -0.3 is 4.42 Å². The summed E-state index contributed by atoms with van der Waals surface area (Å²) in [6.45, 7) is 0. The largest absolute Gasteiger partial charge is 0.465 e. The van der Waals surface area contributed by atoms with Crippen molar-refractivity contribution >= 4 is 24.5 Å². The Hall–Kier alpha value is -2.73. The molecule has 0 bridgehead atoms. The first-order chi connectivity index (χ1) is 10.3. The zero-order valence-corrected chi connectivity index (χ0v) is 11.8. The van der Waals surface area contributed by atoms with Crippen LogP contribution in [0, 0.1) is 4.77 Å². The molecule has 0 spiro atoms. The van der Waals surface area contributed by atoms with Gasteiger partial charge in [0.15, 0.2) is 5.82 Å². The van der Waals surface area contributed by atoms with Gasteiger partial charge in [-0.25, -0.2) is 5.10 Å². The number of allylic oxidation sites excluding steroid dienone is 1. The summed E-state index contributed by atoms with van der Waals surface area (Å²) in [7, 11) is 0. The number of aromatic amines is 1. The van der Waals surface area contributed by atoms with Gasteiger partial charge in [-0.05, 0) is 36.5 Å². The number of H-pyrrole nitrogens is 1. The molecule has 1 N–H and O–H groups in total. The number of hydrogen-bond acceptors (Lipinski definition) is 4. The van der Waals surface area contributed by atoms with E-state index < -0.39 is 0 Å². The van der Waals surface area contributed by atoms with Crippen molar-refractivity contribution in [2.75, 3.05) is 0 Å². The van der Waals surface area contributed by atoms with Gasteiger partial charge in [-0.1, -0.05) is 30.3 Å². The lowest BCUT2D eigenvalue weighted by Crippen LogP contribution is -1.93. The predicted molar refractivity (Wildman–Crippen MR) is 84.5 cm³/mol. The molecule has 104 valence electrons. The Balaban J connectivity index is 1.86. The van der Waals surface area contributed by atoms with E-state index >= 15 is 0 Å². The number of furan rings is 1. The third-order valence-electron chi connectivity index (χ3n) is 2.75. The fourth-order valence-electron chi connectivity index (χ4n) is 1.80. The van der Waals surface area contributed by atoms with Gasteiger partial charge in [0, 0.05) is 11.8 Å². The van der Waals surface area contributed by atoms with Gasteiger partial charge in [0.2, 0.25) is 4.77 Å². The molecular formula is C15H12N4OS. The molecule has 0 radical (unpaired) electrons. The molecule has 2 heterocycles. The molecule has 5 nitrogen and oxygen atoms in total. The quantitative estimate of drug-likeness (QED) is 0.589. The van der Waals surface area contributed by atoms with Crippen molar-refractivity contribution in [2.24, 2.45) is 5.10 Å². The average Bonchev–Trinajstić information content (AvgIpc) is 3.15. The summed E-state index contributed by atoms with van der Waals surface area (Å²) < 4.78 is 7.21. The highest BCUT2D eigenvalue weighted by Crippen LogP contribution is 2.16. The smallest absolute Gasteiger partial charge is 0.216 e. The van der Waals surface area contributed by atoms with Gasteiger partial charge >= 0.3 is 0 Å². The van der Waals surface area contributed by atoms with Crippen LogP contribution in [-0.2, 0) is 0 Å². The van der Waals surface area contributed by atoms with Crippen LogP contribution >= 0.6 is 12.2 Å². The number of nitrogens with zero attached hydrogens (tertiary/aromatic N) is 3. The summed E-state index contributed by atoms with van der Waals surface area (Å²) in [5.74, 6) is 1.43. The SMILES string of the molecule is S=c1[nH]nc(-c2ccccc2)n1/N=C/C=C/c1ccco1. The van der Waals surface area contributed by atoms with Gasteiger partial charge in [-0.2, -0.15) is 14.9 Å². The van der Waals surface area contributed by atoms with E-state index in [1.807, 2.05) is 48.5 Å². The standard InChI is InChI=1S/C15H12N4OS/c21-15-18-17-14(12-6-2-1-3-7-12)19(15)16-10-4-8-13-9-5-11-20-13/h1-11H,(H,18,21)/b8-4+,16-10+. The van der Waals surface area contributed by atoms with Crippen LogP contribution in [0.3, 0.4) is 0 Å². The van der Waals surface area contributed by atoms with E-state index in [0.29, 0.717) is 10.6 Å². The molecule has 1 aromatic carbocycles. The molecule has 0 aliphatic heterocycles. The van der Waals surface area contributed by atoms with Crippen molar-refractivity contribution in [3.05, 3.63) is 65.3 Å². The molecule has 0 saturated carbocycles. The topological polar surface area (TPSA) is 59.1 Å². The van der Waals surface area contributed by atoms with Gasteiger partial charge in [-0.15, -0.1) is 0 Å². The van der Waals surface area contributed by atoms with E-state index in [2.05, 4.69) is 15.3 Å². The van der Waals surface area contributed by atoms with E-state index in [1.54, 1.807) is 23.2 Å². The van der Waals surface area contributed by atoms with Crippen molar-refractivity contribution in [2.45, 2.75) is 0 Å². The third-order valence-corrected chi connectivity index (χ3v) is 3.02. The fraction of sp³-hybridized carbons (Fsp3) is 0. The Morgan fingerprint density at radius 1 is 1.19 bits per heavy atom. The zero-order chi connectivity index (χ0) is 14.5. The highest BCUT2D eigenvalue weighted by atomic mass is 32.1. The number of aromatic nitrogens is 3. The van der Waals surface area contributed by atoms with Crippen LogP contribution in [-0.4, -0.2) is 21.1 Å². The van der Waals surface area contributed by atoms with Crippen LogP contribution < -0.4 is 0 Å². The van der Waals surface area contributed by atoms with Crippen molar-refractivity contribution in [3.63, 3.8) is 0 Å². The monoisotopic (exact) mass is 296 g/mol. The molecule has 0 saturated heterocycles. The van der Waals surface area contributed by atoms with Gasteiger partial charge in [0.25, 0.3) is 0 Å². The summed E-state index contributed by atoms with van der Waals surface area (Å²) in [5, 5.41) is 11.3. The maximum Gasteiger partial charge on any atom is 0.216 e. The molecule has 6 heteroatoms. The molecular weight excluding hydrogens is 284 g/mol. The highest BCUT2D eigenvalue weighted by Gasteiger charge is 2.06. The lowest BCUT2D eigenvalue weighted by molar-refractivity contribution is 0.557. The van der Waals surface area contributed by atoms with Crippen LogP contribution in [0.25, 0.3) is 17.5 Å². The normalized spacial score (nSPS) is 11.6. The van der Waals surface area contributed by atoms with E-state index in [9.17, 15) is 0 Å². The minimum absolute atomic E-state index is 0.441. The third kappa shape index (κ3) is 3.06. The van der Waals surface area contributed by atoms with E-state index in [0.717, 1.165) is 11.3 Å². The minimum Gasteiger partial charge on any atom is -0.465 e. The summed E-state index contributed by atoms with van der Waals surface area (Å²) in [4.78, 5) is 0. The Morgan fingerprint density at radius 2 is 2.05 bits per heavy atom. The van der Waals surface area contributed by atoms with Crippen molar-refractivity contribution in [3.8, 4) is 11.4 Å². The predicted octanol–water partition coefficient (Wildman–Crippen LogP) is 3.75. The number of nitrogens with one attached hydrogen (secondary N) is 1. The first-order valence-corrected chi connectivity index (χ1v) is 6.73. The van der Waals surface area contributed by atoms with E-state index in [1.165, 1.54) is 0 Å². The lowest BCUT2D eigenvalue weighted by Gasteiger charge is -1.99. The van der Waals surface area contributed by atoms with Crippen LogP contribution in [0.2, 0.25) is 0 Å². The molecule has 0 atom stereocenters. The second-order valence-electron chi connectivity index (χ2n) is 4.17. The van der Waals surface area contributed by atoms with Crippen molar-refractivity contribution in [1.29, 1.82) is 0 Å². The number of rotatable bonds is 4. The summed E-state index contributed by atoms with van der Waals surface area (Å²) in [6.07, 6.45) is 6.86. The molecule has 0 amide bonds. The Labute approximate surface area is 126 Å². The number of benzene rings is 1. The van der Waals surface area contributed by atoms with Gasteiger partial charge in [0.1, 0.15) is 5.76 Å². The molecule has 3 rings (SSSR count). The maximum absolute atomic E-state index is 5.19. The van der Waals surface area contributed by atoms with E-state index in [-0.39, 0.29) is 0 Å². The Bertz CT molecular complexity index is 813.